The van der Waals surface area contributed by atoms with E-state index >= 15 is 0 Å². The van der Waals surface area contributed by atoms with Crippen LogP contribution in [0.1, 0.15) is 5.56 Å². The Kier molecular flexibility index (Phi) is 5.49. The summed E-state index contributed by atoms with van der Waals surface area (Å²) in [6.07, 6.45) is -4.74. The lowest BCUT2D eigenvalue weighted by Gasteiger charge is -2.13. The molecule has 0 atom stereocenters. The maximum atomic E-state index is 13.0. The van der Waals surface area contributed by atoms with Gasteiger partial charge in [0.15, 0.2) is 5.11 Å². The number of alkyl halides is 3. The molecule has 0 aromatic heterocycles. The Hall–Kier alpha value is -1.41. The van der Waals surface area contributed by atoms with E-state index in [0.29, 0.717) is 19.2 Å². The molecule has 0 saturated heterocycles. The lowest BCUT2D eigenvalue weighted by Crippen LogP contribution is -2.31. The molecule has 0 spiro atoms. The quantitative estimate of drug-likeness (QED) is 0.508. The van der Waals surface area contributed by atoms with Crippen LogP contribution >= 0.6 is 12.2 Å². The molecule has 0 saturated carbocycles. The molecule has 19 heavy (non-hydrogen) atoms. The molecule has 2 N–H and O–H groups in total. The molecule has 0 bridgehead atoms. The second kappa shape index (κ2) is 6.67. The van der Waals surface area contributed by atoms with Crippen molar-refractivity contribution in [3.05, 3.63) is 29.6 Å². The van der Waals surface area contributed by atoms with Crippen molar-refractivity contribution in [2.45, 2.75) is 6.18 Å². The van der Waals surface area contributed by atoms with Gasteiger partial charge in [0.2, 0.25) is 0 Å². The summed E-state index contributed by atoms with van der Waals surface area (Å²) in [6.45, 7) is 0.814. The van der Waals surface area contributed by atoms with Crippen LogP contribution in [0.3, 0.4) is 0 Å². The Balaban J connectivity index is 2.72. The molecule has 1 aromatic carbocycles. The minimum atomic E-state index is -4.74. The van der Waals surface area contributed by atoms with Gasteiger partial charge in [0, 0.05) is 19.3 Å². The van der Waals surface area contributed by atoms with E-state index in [1.165, 1.54) is 13.2 Å². The normalized spacial score (nSPS) is 11.2. The molecule has 106 valence electrons. The summed E-state index contributed by atoms with van der Waals surface area (Å²) >= 11 is 4.87. The van der Waals surface area contributed by atoms with Gasteiger partial charge in [0.05, 0.1) is 12.2 Å². The number of rotatable bonds is 4. The number of methoxy groups -OCH3 is 1. The first-order valence-corrected chi connectivity index (χ1v) is 5.66. The Morgan fingerprint density at radius 3 is 2.63 bits per heavy atom. The van der Waals surface area contributed by atoms with Gasteiger partial charge in [-0.1, -0.05) is 0 Å². The molecule has 0 fully saturated rings. The maximum Gasteiger partial charge on any atom is 0.419 e. The molecule has 1 aromatic rings. The topological polar surface area (TPSA) is 33.3 Å². The first-order valence-electron chi connectivity index (χ1n) is 5.25. The highest BCUT2D eigenvalue weighted by molar-refractivity contribution is 7.80. The van der Waals surface area contributed by atoms with Gasteiger partial charge in [-0.15, -0.1) is 0 Å². The SMILES string of the molecule is COCCNC(=S)Nc1ccc(F)c(C(F)(F)F)c1. The van der Waals surface area contributed by atoms with E-state index in [1.54, 1.807) is 0 Å². The molecule has 0 aliphatic carbocycles. The summed E-state index contributed by atoms with van der Waals surface area (Å²) in [7, 11) is 1.51. The molecule has 3 nitrogen and oxygen atoms in total. The molecule has 0 heterocycles. The zero-order chi connectivity index (χ0) is 14.5. The molecule has 0 aliphatic heterocycles. The van der Waals surface area contributed by atoms with Crippen molar-refractivity contribution in [1.29, 1.82) is 0 Å². The lowest BCUT2D eigenvalue weighted by atomic mass is 10.2. The van der Waals surface area contributed by atoms with Crippen molar-refractivity contribution in [3.63, 3.8) is 0 Å². The van der Waals surface area contributed by atoms with Crippen molar-refractivity contribution < 1.29 is 22.3 Å². The van der Waals surface area contributed by atoms with Crippen LogP contribution in [-0.2, 0) is 10.9 Å². The zero-order valence-electron chi connectivity index (χ0n) is 9.97. The molecule has 0 unspecified atom stereocenters. The third-order valence-electron chi connectivity index (χ3n) is 2.12. The van der Waals surface area contributed by atoms with Crippen LogP contribution in [0.25, 0.3) is 0 Å². The molecule has 0 aliphatic rings. The number of benzene rings is 1. The summed E-state index contributed by atoms with van der Waals surface area (Å²) < 4.78 is 55.3. The molecular formula is C11H12F4N2OS. The van der Waals surface area contributed by atoms with Crippen molar-refractivity contribution in [2.24, 2.45) is 0 Å². The van der Waals surface area contributed by atoms with Gasteiger partial charge in [0.1, 0.15) is 5.82 Å². The maximum absolute atomic E-state index is 13.0. The van der Waals surface area contributed by atoms with Gasteiger partial charge in [-0.05, 0) is 30.4 Å². The van der Waals surface area contributed by atoms with E-state index in [0.717, 1.165) is 6.07 Å². The van der Waals surface area contributed by atoms with Crippen LogP contribution < -0.4 is 10.6 Å². The highest BCUT2D eigenvalue weighted by Crippen LogP contribution is 2.32. The minimum Gasteiger partial charge on any atom is -0.383 e. The van der Waals surface area contributed by atoms with Crippen LogP contribution in [0, 0.1) is 5.82 Å². The van der Waals surface area contributed by atoms with Crippen LogP contribution in [0.2, 0.25) is 0 Å². The van der Waals surface area contributed by atoms with Crippen LogP contribution in [0.4, 0.5) is 23.2 Å². The van der Waals surface area contributed by atoms with Crippen molar-refractivity contribution in [2.75, 3.05) is 25.6 Å². The van der Waals surface area contributed by atoms with Gasteiger partial charge in [-0.25, -0.2) is 4.39 Å². The Morgan fingerprint density at radius 1 is 1.37 bits per heavy atom. The molecule has 1 rings (SSSR count). The average Bonchev–Trinajstić information content (AvgIpc) is 2.30. The van der Waals surface area contributed by atoms with Gasteiger partial charge >= 0.3 is 6.18 Å². The Labute approximate surface area is 112 Å². The van der Waals surface area contributed by atoms with Crippen molar-refractivity contribution >= 4 is 23.0 Å². The Bertz CT molecular complexity index is 451. The zero-order valence-corrected chi connectivity index (χ0v) is 10.8. The van der Waals surface area contributed by atoms with Crippen molar-refractivity contribution in [3.8, 4) is 0 Å². The van der Waals surface area contributed by atoms with E-state index < -0.39 is 17.6 Å². The third kappa shape index (κ3) is 4.99. The van der Waals surface area contributed by atoms with E-state index in [4.69, 9.17) is 17.0 Å². The smallest absolute Gasteiger partial charge is 0.383 e. The van der Waals surface area contributed by atoms with E-state index in [-0.39, 0.29) is 10.8 Å². The fourth-order valence-electron chi connectivity index (χ4n) is 1.26. The van der Waals surface area contributed by atoms with Crippen LogP contribution in [0.5, 0.6) is 0 Å². The van der Waals surface area contributed by atoms with E-state index in [1.807, 2.05) is 0 Å². The summed E-state index contributed by atoms with van der Waals surface area (Å²) in [4.78, 5) is 0. The average molecular weight is 296 g/mol. The number of hydrogen-bond donors (Lipinski definition) is 2. The monoisotopic (exact) mass is 296 g/mol. The summed E-state index contributed by atoms with van der Waals surface area (Å²) in [5.74, 6) is -1.32. The molecule has 0 radical (unpaired) electrons. The molecule has 8 heteroatoms. The summed E-state index contributed by atoms with van der Waals surface area (Å²) in [5.41, 5.74) is -1.28. The number of halogens is 4. The number of hydrogen-bond acceptors (Lipinski definition) is 2. The second-order valence-electron chi connectivity index (χ2n) is 3.57. The second-order valence-corrected chi connectivity index (χ2v) is 3.97. The number of nitrogens with one attached hydrogen (secondary N) is 2. The van der Waals surface area contributed by atoms with Gasteiger partial charge in [-0.3, -0.25) is 0 Å². The number of anilines is 1. The highest BCUT2D eigenvalue weighted by atomic mass is 32.1. The van der Waals surface area contributed by atoms with Gasteiger partial charge in [-0.2, -0.15) is 13.2 Å². The molecular weight excluding hydrogens is 284 g/mol. The van der Waals surface area contributed by atoms with Crippen LogP contribution in [-0.4, -0.2) is 25.4 Å². The van der Waals surface area contributed by atoms with Crippen molar-refractivity contribution in [1.82, 2.24) is 5.32 Å². The predicted octanol–water partition coefficient (Wildman–Crippen LogP) is 2.78. The van der Waals surface area contributed by atoms with Crippen LogP contribution in [0.15, 0.2) is 18.2 Å². The van der Waals surface area contributed by atoms with E-state index in [2.05, 4.69) is 10.6 Å². The molecule has 0 amide bonds. The van der Waals surface area contributed by atoms with Gasteiger partial charge in [0.25, 0.3) is 0 Å². The predicted molar refractivity (Wildman–Crippen MR) is 67.5 cm³/mol. The fourth-order valence-corrected chi connectivity index (χ4v) is 1.48. The first-order chi connectivity index (χ1) is 8.84. The van der Waals surface area contributed by atoms with Gasteiger partial charge < -0.3 is 15.4 Å². The first kappa shape index (κ1) is 15.6. The summed E-state index contributed by atoms with van der Waals surface area (Å²) in [6, 6.07) is 2.58. The number of thiocarbonyl (C=S) groups is 1. The number of ether oxygens (including phenoxy) is 1. The minimum absolute atomic E-state index is 0.0589. The summed E-state index contributed by atoms with van der Waals surface area (Å²) in [5, 5.41) is 5.40. The standard InChI is InChI=1S/C11H12F4N2OS/c1-18-5-4-16-10(19)17-7-2-3-9(12)8(6-7)11(13,14)15/h2-3,6H,4-5H2,1H3,(H2,16,17,19). The third-order valence-corrected chi connectivity index (χ3v) is 2.37. The Morgan fingerprint density at radius 2 is 2.05 bits per heavy atom. The largest absolute Gasteiger partial charge is 0.419 e. The lowest BCUT2D eigenvalue weighted by molar-refractivity contribution is -0.139. The van der Waals surface area contributed by atoms with E-state index in [9.17, 15) is 17.6 Å². The highest BCUT2D eigenvalue weighted by Gasteiger charge is 2.34. The fraction of sp³-hybridized carbons (Fsp3) is 0.364.